The van der Waals surface area contributed by atoms with Crippen LogP contribution in [-0.2, 0) is 10.8 Å². The van der Waals surface area contributed by atoms with Crippen molar-refractivity contribution in [2.75, 3.05) is 13.7 Å². The van der Waals surface area contributed by atoms with E-state index in [1.165, 1.54) is 0 Å². The number of rotatable bonds is 3. The number of ether oxygens (including phenoxy) is 1. The van der Waals surface area contributed by atoms with E-state index in [1.807, 2.05) is 19.1 Å². The molecule has 1 aromatic carbocycles. The van der Waals surface area contributed by atoms with E-state index in [-0.39, 0.29) is 11.3 Å². The molecule has 0 radical (unpaired) electrons. The first kappa shape index (κ1) is 12.6. The molecule has 1 aliphatic heterocycles. The Bertz CT molecular complexity index is 433. The maximum atomic E-state index is 12.3. The average Bonchev–Trinajstić information content (AvgIpc) is 2.35. The summed E-state index contributed by atoms with van der Waals surface area (Å²) in [4.78, 5) is 0.875. The van der Waals surface area contributed by atoms with Crippen LogP contribution in [0.3, 0.4) is 0 Å². The zero-order valence-electron chi connectivity index (χ0n) is 10.5. The van der Waals surface area contributed by atoms with Gasteiger partial charge in [0.25, 0.3) is 0 Å². The fourth-order valence-corrected chi connectivity index (χ4v) is 3.93. The average molecular weight is 253 g/mol. The van der Waals surface area contributed by atoms with Gasteiger partial charge in [-0.15, -0.1) is 0 Å². The molecule has 4 heteroatoms. The third-order valence-corrected chi connectivity index (χ3v) is 4.95. The Hall–Kier alpha value is -0.870. The van der Waals surface area contributed by atoms with Gasteiger partial charge in [0.2, 0.25) is 0 Å². The first-order chi connectivity index (χ1) is 8.19. The van der Waals surface area contributed by atoms with Crippen LogP contribution in [-0.4, -0.2) is 23.1 Å². The molecule has 0 saturated heterocycles. The Labute approximate surface area is 105 Å². The molecule has 94 valence electrons. The van der Waals surface area contributed by atoms with Gasteiger partial charge in [0.1, 0.15) is 5.75 Å². The smallest absolute Gasteiger partial charge is 0.135 e. The highest BCUT2D eigenvalue weighted by Gasteiger charge is 2.31. The van der Waals surface area contributed by atoms with Crippen molar-refractivity contribution in [3.63, 3.8) is 0 Å². The van der Waals surface area contributed by atoms with Crippen LogP contribution in [0.15, 0.2) is 23.1 Å². The molecule has 0 spiro atoms. The fourth-order valence-electron chi connectivity index (χ4n) is 2.37. The van der Waals surface area contributed by atoms with Gasteiger partial charge in [-0.1, -0.05) is 26.0 Å². The SMILES string of the molecule is CCNC1CC(C)S(=O)c2c(OC)cccc21. The van der Waals surface area contributed by atoms with E-state index in [0.29, 0.717) is 0 Å². The quantitative estimate of drug-likeness (QED) is 0.898. The predicted molar refractivity (Wildman–Crippen MR) is 69.9 cm³/mol. The third-order valence-electron chi connectivity index (χ3n) is 3.19. The summed E-state index contributed by atoms with van der Waals surface area (Å²) >= 11 is 0. The lowest BCUT2D eigenvalue weighted by Crippen LogP contribution is -2.31. The van der Waals surface area contributed by atoms with Gasteiger partial charge in [0.15, 0.2) is 0 Å². The fraction of sp³-hybridized carbons (Fsp3) is 0.538. The molecule has 0 aliphatic carbocycles. The van der Waals surface area contributed by atoms with Gasteiger partial charge in [-0.2, -0.15) is 0 Å². The molecular formula is C13H19NO2S. The number of nitrogens with one attached hydrogen (secondary N) is 1. The lowest BCUT2D eigenvalue weighted by molar-refractivity contribution is 0.396. The minimum absolute atomic E-state index is 0.169. The van der Waals surface area contributed by atoms with Crippen molar-refractivity contribution in [3.05, 3.63) is 23.8 Å². The highest BCUT2D eigenvalue weighted by molar-refractivity contribution is 7.85. The summed E-state index contributed by atoms with van der Waals surface area (Å²) in [6, 6.07) is 6.19. The van der Waals surface area contributed by atoms with Crippen LogP contribution in [0.1, 0.15) is 31.9 Å². The number of benzene rings is 1. The molecule has 3 atom stereocenters. The van der Waals surface area contributed by atoms with Crippen LogP contribution in [0.4, 0.5) is 0 Å². The minimum atomic E-state index is -0.961. The minimum Gasteiger partial charge on any atom is -0.495 e. The van der Waals surface area contributed by atoms with Crippen molar-refractivity contribution in [3.8, 4) is 5.75 Å². The Morgan fingerprint density at radius 1 is 1.53 bits per heavy atom. The number of fused-ring (bicyclic) bond motifs is 1. The lowest BCUT2D eigenvalue weighted by atomic mass is 10.0. The highest BCUT2D eigenvalue weighted by Crippen LogP contribution is 2.38. The van der Waals surface area contributed by atoms with E-state index in [0.717, 1.165) is 29.2 Å². The molecule has 3 nitrogen and oxygen atoms in total. The second kappa shape index (κ2) is 5.19. The van der Waals surface area contributed by atoms with E-state index >= 15 is 0 Å². The highest BCUT2D eigenvalue weighted by atomic mass is 32.2. The van der Waals surface area contributed by atoms with E-state index < -0.39 is 10.8 Å². The molecule has 0 fully saturated rings. The molecule has 17 heavy (non-hydrogen) atoms. The van der Waals surface area contributed by atoms with E-state index in [4.69, 9.17) is 4.74 Å². The monoisotopic (exact) mass is 253 g/mol. The Morgan fingerprint density at radius 2 is 2.29 bits per heavy atom. The molecule has 0 aromatic heterocycles. The standard InChI is InChI=1S/C13H19NO2S/c1-4-14-11-8-9(2)17(15)13-10(11)6-5-7-12(13)16-3/h5-7,9,11,14H,4,8H2,1-3H3. The van der Waals surface area contributed by atoms with Crippen LogP contribution in [0, 0.1) is 0 Å². The van der Waals surface area contributed by atoms with Crippen LogP contribution < -0.4 is 10.1 Å². The largest absolute Gasteiger partial charge is 0.495 e. The van der Waals surface area contributed by atoms with Crippen LogP contribution in [0.5, 0.6) is 5.75 Å². The van der Waals surface area contributed by atoms with Crippen LogP contribution >= 0.6 is 0 Å². The van der Waals surface area contributed by atoms with Gasteiger partial charge in [-0.3, -0.25) is 4.21 Å². The van der Waals surface area contributed by atoms with Gasteiger partial charge in [-0.05, 0) is 24.6 Å². The molecule has 1 N–H and O–H groups in total. The summed E-state index contributed by atoms with van der Waals surface area (Å²) in [5.41, 5.74) is 1.13. The number of hydrogen-bond acceptors (Lipinski definition) is 3. The predicted octanol–water partition coefficient (Wildman–Crippen LogP) is 2.25. The second-order valence-electron chi connectivity index (χ2n) is 4.33. The third kappa shape index (κ3) is 2.24. The molecule has 3 unspecified atom stereocenters. The molecule has 2 rings (SSSR count). The van der Waals surface area contributed by atoms with Crippen LogP contribution in [0.25, 0.3) is 0 Å². The van der Waals surface area contributed by atoms with E-state index in [9.17, 15) is 4.21 Å². The van der Waals surface area contributed by atoms with Crippen molar-refractivity contribution in [1.29, 1.82) is 0 Å². The molecule has 0 saturated carbocycles. The first-order valence-electron chi connectivity index (χ1n) is 5.99. The molecule has 1 aliphatic rings. The molecular weight excluding hydrogens is 234 g/mol. The Balaban J connectivity index is 2.51. The van der Waals surface area contributed by atoms with Crippen LogP contribution in [0.2, 0.25) is 0 Å². The van der Waals surface area contributed by atoms with E-state index in [2.05, 4.69) is 18.3 Å². The molecule has 1 heterocycles. The van der Waals surface area contributed by atoms with Crippen molar-refractivity contribution in [2.24, 2.45) is 0 Å². The summed E-state index contributed by atoms with van der Waals surface area (Å²) in [6.45, 7) is 5.05. The van der Waals surface area contributed by atoms with Gasteiger partial charge in [-0.25, -0.2) is 0 Å². The topological polar surface area (TPSA) is 38.3 Å². The van der Waals surface area contributed by atoms with Crippen molar-refractivity contribution in [1.82, 2.24) is 5.32 Å². The van der Waals surface area contributed by atoms with E-state index in [1.54, 1.807) is 7.11 Å². The normalized spacial score (nSPS) is 27.6. The lowest BCUT2D eigenvalue weighted by Gasteiger charge is -2.30. The molecule has 0 bridgehead atoms. The summed E-state index contributed by atoms with van der Waals surface area (Å²) in [6.07, 6.45) is 0.917. The summed E-state index contributed by atoms with van der Waals surface area (Å²) < 4.78 is 17.7. The van der Waals surface area contributed by atoms with Gasteiger partial charge in [0.05, 0.1) is 22.8 Å². The van der Waals surface area contributed by atoms with Crippen molar-refractivity contribution >= 4 is 10.8 Å². The van der Waals surface area contributed by atoms with Gasteiger partial charge < -0.3 is 10.1 Å². The molecule has 0 amide bonds. The Morgan fingerprint density at radius 3 is 2.94 bits per heavy atom. The van der Waals surface area contributed by atoms with Crippen molar-refractivity contribution in [2.45, 2.75) is 36.5 Å². The first-order valence-corrected chi connectivity index (χ1v) is 7.21. The number of methoxy groups -OCH3 is 1. The zero-order valence-corrected chi connectivity index (χ0v) is 11.3. The zero-order chi connectivity index (χ0) is 12.4. The summed E-state index contributed by atoms with van der Waals surface area (Å²) in [7, 11) is 0.673. The van der Waals surface area contributed by atoms with Gasteiger partial charge >= 0.3 is 0 Å². The molecule has 1 aromatic rings. The second-order valence-corrected chi connectivity index (χ2v) is 6.14. The maximum absolute atomic E-state index is 12.3. The number of hydrogen-bond donors (Lipinski definition) is 1. The Kier molecular flexibility index (Phi) is 3.84. The van der Waals surface area contributed by atoms with Crippen molar-refractivity contribution < 1.29 is 8.95 Å². The summed E-state index contributed by atoms with van der Waals surface area (Å²) in [5.74, 6) is 0.746. The van der Waals surface area contributed by atoms with Gasteiger partial charge in [0, 0.05) is 11.3 Å². The maximum Gasteiger partial charge on any atom is 0.135 e. The summed E-state index contributed by atoms with van der Waals surface area (Å²) in [5, 5.41) is 3.62.